The number of hydrogen-bond donors (Lipinski definition) is 2. The molecule has 7 nitrogen and oxygen atoms in total. The van der Waals surface area contributed by atoms with Gasteiger partial charge in [0.1, 0.15) is 17.4 Å². The molecule has 0 fully saturated rings. The van der Waals surface area contributed by atoms with Gasteiger partial charge in [-0.05, 0) is 46.5 Å². The lowest BCUT2D eigenvalue weighted by molar-refractivity contribution is 0.102. The fourth-order valence-corrected chi connectivity index (χ4v) is 5.51. The fraction of sp³-hybridized carbons (Fsp3) is 0.0870. The molecule has 0 spiro atoms. The Morgan fingerprint density at radius 2 is 1.62 bits per heavy atom. The third-order valence-corrected chi connectivity index (χ3v) is 7.70. The monoisotopic (exact) mass is 466 g/mol. The zero-order valence-electron chi connectivity index (χ0n) is 16.7. The van der Waals surface area contributed by atoms with E-state index in [1.54, 1.807) is 41.8 Å². The average Bonchev–Trinajstić information content (AvgIpc) is 3.34. The maximum Gasteiger partial charge on any atom is 0.271 e. The Bertz CT molecular complexity index is 1420. The number of carbonyl (C=O) groups excluding carboxylic acids is 1. The van der Waals surface area contributed by atoms with Gasteiger partial charge in [0.05, 0.1) is 11.3 Å². The first-order valence-corrected chi connectivity index (χ1v) is 12.2. The van der Waals surface area contributed by atoms with Crippen molar-refractivity contribution in [3.8, 4) is 11.5 Å². The van der Waals surface area contributed by atoms with Crippen LogP contribution in [0, 0.1) is 0 Å². The molecule has 0 bridgehead atoms. The van der Waals surface area contributed by atoms with E-state index in [0.717, 1.165) is 22.1 Å². The Kier molecular flexibility index (Phi) is 5.20. The van der Waals surface area contributed by atoms with E-state index >= 15 is 0 Å². The quantitative estimate of drug-likeness (QED) is 0.444. The molecule has 0 saturated heterocycles. The van der Waals surface area contributed by atoms with Crippen LogP contribution in [-0.4, -0.2) is 27.5 Å². The maximum absolute atomic E-state index is 13.2. The SMILES string of the molecule is O=C(Nc1ccc2c(c1)OCCO2)c1cc2ccccc2cc1NS(=O)(=O)c1cccs1. The zero-order chi connectivity index (χ0) is 22.1. The van der Waals surface area contributed by atoms with Crippen LogP contribution in [0.4, 0.5) is 11.4 Å². The summed E-state index contributed by atoms with van der Waals surface area (Å²) in [6.07, 6.45) is 0. The first-order valence-electron chi connectivity index (χ1n) is 9.80. The van der Waals surface area contributed by atoms with Gasteiger partial charge in [-0.2, -0.15) is 0 Å². The summed E-state index contributed by atoms with van der Waals surface area (Å²) in [4.78, 5) is 13.2. The molecule has 0 radical (unpaired) electrons. The molecular weight excluding hydrogens is 448 g/mol. The highest BCUT2D eigenvalue weighted by molar-refractivity contribution is 7.94. The van der Waals surface area contributed by atoms with E-state index in [-0.39, 0.29) is 15.5 Å². The number of sulfonamides is 1. The van der Waals surface area contributed by atoms with Crippen molar-refractivity contribution in [1.29, 1.82) is 0 Å². The number of benzene rings is 3. The van der Waals surface area contributed by atoms with Crippen molar-refractivity contribution >= 4 is 49.4 Å². The van der Waals surface area contributed by atoms with Crippen LogP contribution in [0.3, 0.4) is 0 Å². The smallest absolute Gasteiger partial charge is 0.271 e. The van der Waals surface area contributed by atoms with Crippen LogP contribution in [0.15, 0.2) is 76.3 Å². The third-order valence-electron chi connectivity index (χ3n) is 4.93. The number of ether oxygens (including phenoxy) is 2. The number of rotatable bonds is 5. The first kappa shape index (κ1) is 20.3. The second-order valence-corrected chi connectivity index (χ2v) is 9.95. The lowest BCUT2D eigenvalue weighted by Crippen LogP contribution is -2.19. The summed E-state index contributed by atoms with van der Waals surface area (Å²) in [6.45, 7) is 0.910. The van der Waals surface area contributed by atoms with Crippen molar-refractivity contribution < 1.29 is 22.7 Å². The molecular formula is C23H18N2O5S2. The molecule has 1 aromatic heterocycles. The molecule has 2 heterocycles. The second kappa shape index (κ2) is 8.18. The summed E-state index contributed by atoms with van der Waals surface area (Å²) < 4.78 is 39.5. The molecule has 0 unspecified atom stereocenters. The predicted molar refractivity (Wildman–Crippen MR) is 124 cm³/mol. The second-order valence-electron chi connectivity index (χ2n) is 7.10. The first-order chi connectivity index (χ1) is 15.5. The average molecular weight is 467 g/mol. The minimum absolute atomic E-state index is 0.170. The number of hydrogen-bond acceptors (Lipinski definition) is 6. The molecule has 162 valence electrons. The van der Waals surface area contributed by atoms with E-state index in [9.17, 15) is 13.2 Å². The molecule has 0 atom stereocenters. The Balaban J connectivity index is 1.52. The van der Waals surface area contributed by atoms with Crippen LogP contribution >= 0.6 is 11.3 Å². The Labute approximate surface area is 188 Å². The van der Waals surface area contributed by atoms with Crippen LogP contribution in [-0.2, 0) is 10.0 Å². The molecule has 3 aromatic carbocycles. The van der Waals surface area contributed by atoms with Crippen molar-refractivity contribution in [2.24, 2.45) is 0 Å². The summed E-state index contributed by atoms with van der Waals surface area (Å²) in [6, 6.07) is 19.1. The highest BCUT2D eigenvalue weighted by Crippen LogP contribution is 2.33. The van der Waals surface area contributed by atoms with Gasteiger partial charge in [-0.1, -0.05) is 30.3 Å². The molecule has 0 aliphatic carbocycles. The third kappa shape index (κ3) is 4.00. The highest BCUT2D eigenvalue weighted by Gasteiger charge is 2.21. The van der Waals surface area contributed by atoms with Crippen LogP contribution in [0.1, 0.15) is 10.4 Å². The number of thiophene rings is 1. The summed E-state index contributed by atoms with van der Waals surface area (Å²) in [5, 5.41) is 6.14. The molecule has 1 amide bonds. The number of fused-ring (bicyclic) bond motifs is 2. The standard InChI is InChI=1S/C23H18N2O5S2/c26-23(24-17-7-8-20-21(14-17)30-10-9-29-20)18-12-15-4-1-2-5-16(15)13-19(18)25-32(27,28)22-6-3-11-31-22/h1-8,11-14,25H,9-10H2,(H,24,26). The van der Waals surface area contributed by atoms with Gasteiger partial charge in [0.25, 0.3) is 15.9 Å². The van der Waals surface area contributed by atoms with E-state index in [2.05, 4.69) is 10.0 Å². The van der Waals surface area contributed by atoms with Crippen LogP contribution in [0.25, 0.3) is 10.8 Å². The van der Waals surface area contributed by atoms with Crippen molar-refractivity contribution in [1.82, 2.24) is 0 Å². The maximum atomic E-state index is 13.2. The normalized spacial score (nSPS) is 13.0. The molecule has 4 aromatic rings. The molecule has 5 rings (SSSR count). The Morgan fingerprint density at radius 3 is 2.38 bits per heavy atom. The molecule has 32 heavy (non-hydrogen) atoms. The molecule has 0 saturated carbocycles. The Hall–Kier alpha value is -3.56. The number of amides is 1. The summed E-state index contributed by atoms with van der Waals surface area (Å²) in [5.41, 5.74) is 0.922. The summed E-state index contributed by atoms with van der Waals surface area (Å²) >= 11 is 1.11. The Morgan fingerprint density at radius 1 is 0.875 bits per heavy atom. The van der Waals surface area contributed by atoms with Gasteiger partial charge < -0.3 is 14.8 Å². The van der Waals surface area contributed by atoms with E-state index in [0.29, 0.717) is 30.4 Å². The minimum Gasteiger partial charge on any atom is -0.486 e. The van der Waals surface area contributed by atoms with Crippen molar-refractivity contribution in [2.75, 3.05) is 23.3 Å². The zero-order valence-corrected chi connectivity index (χ0v) is 18.3. The van der Waals surface area contributed by atoms with Crippen LogP contribution < -0.4 is 19.5 Å². The molecule has 9 heteroatoms. The summed E-state index contributed by atoms with van der Waals surface area (Å²) in [5.74, 6) is 0.715. The van der Waals surface area contributed by atoms with Gasteiger partial charge in [-0.15, -0.1) is 11.3 Å². The van der Waals surface area contributed by atoms with Crippen LogP contribution in [0.2, 0.25) is 0 Å². The van der Waals surface area contributed by atoms with Crippen molar-refractivity contribution in [2.45, 2.75) is 4.21 Å². The number of nitrogens with one attached hydrogen (secondary N) is 2. The van der Waals surface area contributed by atoms with E-state index < -0.39 is 15.9 Å². The summed E-state index contributed by atoms with van der Waals surface area (Å²) in [7, 11) is -3.83. The van der Waals surface area contributed by atoms with Gasteiger partial charge in [-0.25, -0.2) is 8.42 Å². The highest BCUT2D eigenvalue weighted by atomic mass is 32.2. The molecule has 2 N–H and O–H groups in total. The topological polar surface area (TPSA) is 93.7 Å². The molecule has 1 aliphatic heterocycles. The molecule has 1 aliphatic rings. The largest absolute Gasteiger partial charge is 0.486 e. The number of carbonyl (C=O) groups is 1. The minimum atomic E-state index is -3.83. The lowest BCUT2D eigenvalue weighted by Gasteiger charge is -2.19. The van der Waals surface area contributed by atoms with Crippen LogP contribution in [0.5, 0.6) is 11.5 Å². The number of anilines is 2. The van der Waals surface area contributed by atoms with Gasteiger partial charge >= 0.3 is 0 Å². The van der Waals surface area contributed by atoms with Crippen molar-refractivity contribution in [3.05, 3.63) is 77.7 Å². The predicted octanol–water partition coefficient (Wildman–Crippen LogP) is 4.73. The van der Waals surface area contributed by atoms with E-state index in [1.165, 1.54) is 6.07 Å². The van der Waals surface area contributed by atoms with E-state index in [4.69, 9.17) is 9.47 Å². The lowest BCUT2D eigenvalue weighted by atomic mass is 10.0. The van der Waals surface area contributed by atoms with Gasteiger partial charge in [0, 0.05) is 11.8 Å². The van der Waals surface area contributed by atoms with Crippen molar-refractivity contribution in [3.63, 3.8) is 0 Å². The van der Waals surface area contributed by atoms with Gasteiger partial charge in [-0.3, -0.25) is 9.52 Å². The van der Waals surface area contributed by atoms with E-state index in [1.807, 2.05) is 24.3 Å². The fourth-order valence-electron chi connectivity index (χ4n) is 3.44. The van der Waals surface area contributed by atoms with Gasteiger partial charge in [0.15, 0.2) is 11.5 Å². The van der Waals surface area contributed by atoms with Gasteiger partial charge in [0.2, 0.25) is 0 Å².